The lowest BCUT2D eigenvalue weighted by Gasteiger charge is -2.19. The average molecular weight is 382 g/mol. The zero-order valence-corrected chi connectivity index (χ0v) is 15.5. The molecular formula is C16H20ClN5O4. The maximum atomic E-state index is 11.9. The molecule has 1 aliphatic heterocycles. The highest BCUT2D eigenvalue weighted by atomic mass is 35.5. The third-order valence-corrected chi connectivity index (χ3v) is 4.00. The van der Waals surface area contributed by atoms with E-state index in [1.54, 1.807) is 4.90 Å². The van der Waals surface area contributed by atoms with Gasteiger partial charge in [0.15, 0.2) is 0 Å². The van der Waals surface area contributed by atoms with Gasteiger partial charge in [-0.15, -0.1) is 0 Å². The van der Waals surface area contributed by atoms with Gasteiger partial charge in [-0.2, -0.15) is 4.98 Å². The van der Waals surface area contributed by atoms with Gasteiger partial charge in [0, 0.05) is 18.9 Å². The minimum absolute atomic E-state index is 0.106. The Morgan fingerprint density at radius 2 is 2.08 bits per heavy atom. The zero-order valence-electron chi connectivity index (χ0n) is 14.8. The fraction of sp³-hybridized carbons (Fsp3) is 0.562. The molecule has 10 heteroatoms. The van der Waals surface area contributed by atoms with Crippen LogP contribution in [0.25, 0.3) is 11.5 Å². The topological polar surface area (TPSA) is 103 Å². The van der Waals surface area contributed by atoms with Crippen molar-refractivity contribution in [1.29, 1.82) is 0 Å². The largest absolute Gasteiger partial charge is 0.447 e. The average Bonchev–Trinajstić information content (AvgIpc) is 3.24. The van der Waals surface area contributed by atoms with Crippen molar-refractivity contribution in [2.24, 2.45) is 0 Å². The number of nitrogens with zero attached hydrogens (tertiary/aromatic N) is 5. The van der Waals surface area contributed by atoms with Crippen LogP contribution in [0, 0.1) is 0 Å². The van der Waals surface area contributed by atoms with Gasteiger partial charge < -0.3 is 18.9 Å². The van der Waals surface area contributed by atoms with Crippen LogP contribution >= 0.6 is 11.6 Å². The molecule has 2 atom stereocenters. The van der Waals surface area contributed by atoms with Crippen LogP contribution in [0.4, 0.5) is 4.79 Å². The third kappa shape index (κ3) is 4.47. The molecule has 1 fully saturated rings. The Balaban J connectivity index is 1.57. The van der Waals surface area contributed by atoms with Crippen molar-refractivity contribution in [1.82, 2.24) is 25.0 Å². The Labute approximate surface area is 155 Å². The van der Waals surface area contributed by atoms with Gasteiger partial charge in [0.25, 0.3) is 5.89 Å². The fourth-order valence-electron chi connectivity index (χ4n) is 2.57. The van der Waals surface area contributed by atoms with Crippen LogP contribution in [0.15, 0.2) is 16.9 Å². The summed E-state index contributed by atoms with van der Waals surface area (Å²) >= 11 is 5.67. The van der Waals surface area contributed by atoms with E-state index in [0.29, 0.717) is 30.4 Å². The molecule has 0 saturated carbocycles. The molecule has 1 amide bonds. The molecule has 2 aromatic heterocycles. The number of halogens is 1. The first-order valence-electron chi connectivity index (χ1n) is 8.35. The van der Waals surface area contributed by atoms with E-state index in [1.807, 2.05) is 20.8 Å². The maximum absolute atomic E-state index is 11.9. The normalized spacial score (nSPS) is 18.3. The van der Waals surface area contributed by atoms with Crippen LogP contribution in [-0.4, -0.2) is 56.4 Å². The van der Waals surface area contributed by atoms with Gasteiger partial charge in [0.1, 0.15) is 6.10 Å². The predicted molar refractivity (Wildman–Crippen MR) is 91.4 cm³/mol. The number of likely N-dealkylation sites (tertiary alicyclic amines) is 1. The van der Waals surface area contributed by atoms with Crippen molar-refractivity contribution in [3.63, 3.8) is 0 Å². The molecule has 1 unspecified atom stereocenters. The zero-order chi connectivity index (χ0) is 18.7. The van der Waals surface area contributed by atoms with E-state index in [0.717, 1.165) is 6.42 Å². The molecule has 3 heterocycles. The Morgan fingerprint density at radius 3 is 2.77 bits per heavy atom. The highest BCUT2D eigenvalue weighted by molar-refractivity contribution is 6.28. The summed E-state index contributed by atoms with van der Waals surface area (Å²) in [6.07, 6.45) is 2.80. The molecule has 0 bridgehead atoms. The van der Waals surface area contributed by atoms with Crippen molar-refractivity contribution in [2.75, 3.05) is 13.1 Å². The Bertz CT molecular complexity index is 751. The summed E-state index contributed by atoms with van der Waals surface area (Å²) in [5.41, 5.74) is 0.573. The second-order valence-corrected chi connectivity index (χ2v) is 6.60. The number of hydrogen-bond donors (Lipinski definition) is 0. The standard InChI is InChI=1S/C16H20ClN5O4/c1-9(2)24-16(23)22-5-4-12(8-22)25-10(3)13-20-14(26-21-13)11-6-18-15(17)19-7-11/h6-7,9-10,12H,4-5,8H2,1-3H3/t10-,12?/m1/s1. The molecule has 3 rings (SSSR count). The van der Waals surface area contributed by atoms with Crippen LogP contribution in [0.3, 0.4) is 0 Å². The molecule has 9 nitrogen and oxygen atoms in total. The van der Waals surface area contributed by atoms with Gasteiger partial charge >= 0.3 is 6.09 Å². The first-order chi connectivity index (χ1) is 12.4. The Morgan fingerprint density at radius 1 is 1.35 bits per heavy atom. The van der Waals surface area contributed by atoms with Gasteiger partial charge in [-0.1, -0.05) is 5.16 Å². The second-order valence-electron chi connectivity index (χ2n) is 6.27. The van der Waals surface area contributed by atoms with E-state index in [4.69, 9.17) is 25.6 Å². The van der Waals surface area contributed by atoms with E-state index in [1.165, 1.54) is 12.4 Å². The van der Waals surface area contributed by atoms with Crippen LogP contribution in [0.1, 0.15) is 39.1 Å². The van der Waals surface area contributed by atoms with Crippen molar-refractivity contribution < 1.29 is 18.8 Å². The van der Waals surface area contributed by atoms with Gasteiger partial charge in [-0.3, -0.25) is 0 Å². The summed E-state index contributed by atoms with van der Waals surface area (Å²) in [5, 5.41) is 4.09. The quantitative estimate of drug-likeness (QED) is 0.728. The van der Waals surface area contributed by atoms with Gasteiger partial charge in [0.05, 0.1) is 24.3 Å². The number of carbonyl (C=O) groups excluding carboxylic acids is 1. The van der Waals surface area contributed by atoms with E-state index in [9.17, 15) is 4.79 Å². The van der Waals surface area contributed by atoms with Crippen LogP contribution < -0.4 is 0 Å². The molecule has 1 aliphatic rings. The number of hydrogen-bond acceptors (Lipinski definition) is 8. The lowest BCUT2D eigenvalue weighted by molar-refractivity contribution is -0.00405. The SMILES string of the molecule is CC(C)OC(=O)N1CCC(O[C@H](C)c2noc(-c3cnc(Cl)nc3)n2)C1. The lowest BCUT2D eigenvalue weighted by Crippen LogP contribution is -2.32. The minimum atomic E-state index is -0.383. The summed E-state index contributed by atoms with van der Waals surface area (Å²) in [6, 6.07) is 0. The van der Waals surface area contributed by atoms with Crippen molar-refractivity contribution in [2.45, 2.75) is 45.5 Å². The molecule has 0 radical (unpaired) electrons. The van der Waals surface area contributed by atoms with Crippen LogP contribution in [0.5, 0.6) is 0 Å². The lowest BCUT2D eigenvalue weighted by atomic mass is 10.3. The molecular weight excluding hydrogens is 362 g/mol. The highest BCUT2D eigenvalue weighted by Crippen LogP contribution is 2.24. The maximum Gasteiger partial charge on any atom is 0.410 e. The fourth-order valence-corrected chi connectivity index (χ4v) is 2.67. The molecule has 26 heavy (non-hydrogen) atoms. The number of amides is 1. The summed E-state index contributed by atoms with van der Waals surface area (Å²) in [6.45, 7) is 6.56. The van der Waals surface area contributed by atoms with E-state index < -0.39 is 0 Å². The monoisotopic (exact) mass is 381 g/mol. The first-order valence-corrected chi connectivity index (χ1v) is 8.72. The molecule has 0 aliphatic carbocycles. The van der Waals surface area contributed by atoms with Gasteiger partial charge in [-0.25, -0.2) is 14.8 Å². The molecule has 0 N–H and O–H groups in total. The summed E-state index contributed by atoms with van der Waals surface area (Å²) in [4.78, 5) is 25.7. The Hall–Kier alpha value is -2.26. The van der Waals surface area contributed by atoms with Crippen LogP contribution in [-0.2, 0) is 9.47 Å². The molecule has 140 valence electrons. The van der Waals surface area contributed by atoms with Crippen molar-refractivity contribution in [3.05, 3.63) is 23.5 Å². The summed E-state index contributed by atoms with van der Waals surface area (Å²) < 4.78 is 16.4. The van der Waals surface area contributed by atoms with E-state index in [2.05, 4.69) is 20.1 Å². The minimum Gasteiger partial charge on any atom is -0.447 e. The smallest absolute Gasteiger partial charge is 0.410 e. The van der Waals surface area contributed by atoms with Crippen molar-refractivity contribution in [3.8, 4) is 11.5 Å². The number of ether oxygens (including phenoxy) is 2. The number of carbonyl (C=O) groups is 1. The molecule has 1 saturated heterocycles. The number of aromatic nitrogens is 4. The molecule has 2 aromatic rings. The highest BCUT2D eigenvalue weighted by Gasteiger charge is 2.30. The Kier molecular flexibility index (Phi) is 5.67. The summed E-state index contributed by atoms with van der Waals surface area (Å²) in [5.74, 6) is 0.707. The van der Waals surface area contributed by atoms with E-state index in [-0.39, 0.29) is 29.7 Å². The predicted octanol–water partition coefficient (Wildman–Crippen LogP) is 2.88. The van der Waals surface area contributed by atoms with Crippen molar-refractivity contribution >= 4 is 17.7 Å². The third-order valence-electron chi connectivity index (χ3n) is 3.81. The van der Waals surface area contributed by atoms with Gasteiger partial charge in [0.2, 0.25) is 11.1 Å². The molecule has 0 aromatic carbocycles. The molecule has 0 spiro atoms. The first kappa shape index (κ1) is 18.5. The second kappa shape index (κ2) is 7.96. The van der Waals surface area contributed by atoms with Gasteiger partial charge in [-0.05, 0) is 38.8 Å². The number of rotatable bonds is 5. The van der Waals surface area contributed by atoms with Crippen LogP contribution in [0.2, 0.25) is 5.28 Å². The summed E-state index contributed by atoms with van der Waals surface area (Å²) in [7, 11) is 0. The van der Waals surface area contributed by atoms with E-state index >= 15 is 0 Å².